The first-order valence-electron chi connectivity index (χ1n) is 8.12. The number of nitrogens with two attached hydrogens (primary N) is 1. The van der Waals surface area contributed by atoms with Crippen LogP contribution in [0.15, 0.2) is 47.5 Å². The quantitative estimate of drug-likeness (QED) is 0.786. The molecule has 2 aromatic carbocycles. The third-order valence-corrected chi connectivity index (χ3v) is 4.16. The fraction of sp³-hybridized carbons (Fsp3) is 0.278. The molecule has 0 aliphatic carbocycles. The predicted molar refractivity (Wildman–Crippen MR) is 92.4 cm³/mol. The van der Waals surface area contributed by atoms with Crippen molar-refractivity contribution in [2.75, 3.05) is 5.43 Å². The molecule has 138 valence electrons. The van der Waals surface area contributed by atoms with Gasteiger partial charge in [-0.2, -0.15) is 13.2 Å². The van der Waals surface area contributed by atoms with Crippen molar-refractivity contribution < 1.29 is 17.6 Å². The normalized spacial score (nSPS) is 15.3. The second kappa shape index (κ2) is 6.95. The summed E-state index contributed by atoms with van der Waals surface area (Å²) in [4.78, 5) is 4.37. The summed E-state index contributed by atoms with van der Waals surface area (Å²) in [5.74, 6) is 0.0293. The van der Waals surface area contributed by atoms with E-state index in [-0.39, 0.29) is 17.8 Å². The molecule has 3 rings (SSSR count). The highest BCUT2D eigenvalue weighted by atomic mass is 19.4. The van der Waals surface area contributed by atoms with Crippen molar-refractivity contribution in [3.05, 3.63) is 59.4 Å². The molecule has 0 aromatic heterocycles. The molecule has 1 unspecified atom stereocenters. The number of hydrazine groups is 1. The Hall–Kier alpha value is -2.61. The van der Waals surface area contributed by atoms with Gasteiger partial charge in [0.1, 0.15) is 11.7 Å². The van der Waals surface area contributed by atoms with Crippen LogP contribution in [0.5, 0.6) is 0 Å². The number of fused-ring (bicyclic) bond motifs is 1. The van der Waals surface area contributed by atoms with E-state index in [2.05, 4.69) is 10.4 Å². The first-order chi connectivity index (χ1) is 12.3. The third-order valence-electron chi connectivity index (χ3n) is 4.16. The van der Waals surface area contributed by atoms with Gasteiger partial charge in [-0.1, -0.05) is 13.0 Å². The van der Waals surface area contributed by atoms with Gasteiger partial charge in [-0.05, 0) is 42.8 Å². The molecule has 0 saturated heterocycles. The topological polar surface area (TPSA) is 53.6 Å². The number of aliphatic imine (C=N–C) groups is 1. The van der Waals surface area contributed by atoms with Crippen LogP contribution in [0.1, 0.15) is 24.5 Å². The average molecular weight is 366 g/mol. The van der Waals surface area contributed by atoms with E-state index in [1.165, 1.54) is 35.3 Å². The zero-order valence-electron chi connectivity index (χ0n) is 14.0. The molecule has 0 fully saturated rings. The monoisotopic (exact) mass is 366 g/mol. The summed E-state index contributed by atoms with van der Waals surface area (Å²) in [5.41, 5.74) is 9.21. The Morgan fingerprint density at radius 1 is 1.19 bits per heavy atom. The molecular weight excluding hydrogens is 348 g/mol. The van der Waals surface area contributed by atoms with Crippen molar-refractivity contribution in [3.8, 4) is 0 Å². The standard InChI is InChI=1S/C18H18F4N4/c1-2-15(23)17-24-16-5-3-4-14(18(20,21)22)13(16)10-26(17)25-12-8-6-11(19)7-9-12/h3-9,15,25H,2,10,23H2,1H3. The molecule has 0 spiro atoms. The Morgan fingerprint density at radius 2 is 1.88 bits per heavy atom. The molecular formula is C18H18F4N4. The van der Waals surface area contributed by atoms with Crippen LogP contribution in [-0.2, 0) is 12.7 Å². The number of rotatable bonds is 4. The van der Waals surface area contributed by atoms with Gasteiger partial charge in [-0.3, -0.25) is 10.4 Å². The molecule has 1 heterocycles. The molecule has 3 N–H and O–H groups in total. The lowest BCUT2D eigenvalue weighted by Crippen LogP contribution is -2.47. The van der Waals surface area contributed by atoms with Crippen molar-refractivity contribution in [3.63, 3.8) is 0 Å². The lowest BCUT2D eigenvalue weighted by Gasteiger charge is -2.34. The van der Waals surface area contributed by atoms with Crippen molar-refractivity contribution in [2.45, 2.75) is 32.1 Å². The molecule has 1 atom stereocenters. The first-order valence-corrected chi connectivity index (χ1v) is 8.12. The fourth-order valence-electron chi connectivity index (χ4n) is 2.78. The summed E-state index contributed by atoms with van der Waals surface area (Å²) in [6, 6.07) is 8.98. The molecule has 0 saturated carbocycles. The number of anilines is 1. The lowest BCUT2D eigenvalue weighted by molar-refractivity contribution is -0.138. The fourth-order valence-corrected chi connectivity index (χ4v) is 2.78. The van der Waals surface area contributed by atoms with E-state index < -0.39 is 23.6 Å². The molecule has 0 amide bonds. The van der Waals surface area contributed by atoms with Gasteiger partial charge in [0.15, 0.2) is 0 Å². The minimum atomic E-state index is -4.48. The molecule has 4 nitrogen and oxygen atoms in total. The smallest absolute Gasteiger partial charge is 0.321 e. The van der Waals surface area contributed by atoms with Crippen LogP contribution in [0.4, 0.5) is 28.9 Å². The van der Waals surface area contributed by atoms with Crippen molar-refractivity contribution >= 4 is 17.2 Å². The van der Waals surface area contributed by atoms with Gasteiger partial charge in [0.2, 0.25) is 0 Å². The van der Waals surface area contributed by atoms with Gasteiger partial charge in [-0.15, -0.1) is 0 Å². The summed E-state index contributed by atoms with van der Waals surface area (Å²) >= 11 is 0. The van der Waals surface area contributed by atoms with Crippen molar-refractivity contribution in [1.82, 2.24) is 5.01 Å². The van der Waals surface area contributed by atoms with Crippen LogP contribution < -0.4 is 11.2 Å². The van der Waals surface area contributed by atoms with Crippen LogP contribution >= 0.6 is 0 Å². The largest absolute Gasteiger partial charge is 0.416 e. The Bertz CT molecular complexity index is 815. The first kappa shape index (κ1) is 18.2. The summed E-state index contributed by atoms with van der Waals surface area (Å²) in [6.07, 6.45) is -3.92. The van der Waals surface area contributed by atoms with Gasteiger partial charge >= 0.3 is 6.18 Å². The van der Waals surface area contributed by atoms with Gasteiger partial charge in [0, 0.05) is 5.56 Å². The Morgan fingerprint density at radius 3 is 2.50 bits per heavy atom. The highest BCUT2D eigenvalue weighted by Gasteiger charge is 2.36. The maximum atomic E-state index is 13.3. The third kappa shape index (κ3) is 3.65. The van der Waals surface area contributed by atoms with Gasteiger partial charge in [-0.25, -0.2) is 9.38 Å². The van der Waals surface area contributed by atoms with E-state index >= 15 is 0 Å². The van der Waals surface area contributed by atoms with Crippen LogP contribution in [-0.4, -0.2) is 16.9 Å². The van der Waals surface area contributed by atoms with Gasteiger partial charge in [0.05, 0.1) is 29.5 Å². The number of amidine groups is 1. The Kier molecular flexibility index (Phi) is 4.86. The lowest BCUT2D eigenvalue weighted by atomic mass is 10.0. The molecule has 0 bridgehead atoms. The van der Waals surface area contributed by atoms with Crippen LogP contribution in [0.2, 0.25) is 0 Å². The Balaban J connectivity index is 2.02. The van der Waals surface area contributed by atoms with E-state index in [0.717, 1.165) is 6.07 Å². The highest BCUT2D eigenvalue weighted by Crippen LogP contribution is 2.38. The number of halogens is 4. The van der Waals surface area contributed by atoms with E-state index in [1.54, 1.807) is 6.07 Å². The molecule has 26 heavy (non-hydrogen) atoms. The Labute approximate surface area is 148 Å². The number of alkyl halides is 3. The van der Waals surface area contributed by atoms with E-state index in [1.807, 2.05) is 6.92 Å². The second-order valence-corrected chi connectivity index (χ2v) is 5.99. The zero-order chi connectivity index (χ0) is 18.9. The molecule has 1 aliphatic rings. The highest BCUT2D eigenvalue weighted by molar-refractivity contribution is 5.92. The predicted octanol–water partition coefficient (Wildman–Crippen LogP) is 4.45. The molecule has 2 aromatic rings. The molecule has 1 aliphatic heterocycles. The van der Waals surface area contributed by atoms with Gasteiger partial charge < -0.3 is 5.73 Å². The minimum absolute atomic E-state index is 0.0606. The minimum Gasteiger partial charge on any atom is -0.321 e. The van der Waals surface area contributed by atoms with Gasteiger partial charge in [0.25, 0.3) is 0 Å². The average Bonchev–Trinajstić information content (AvgIpc) is 2.61. The number of benzene rings is 2. The van der Waals surface area contributed by atoms with Crippen LogP contribution in [0.3, 0.4) is 0 Å². The second-order valence-electron chi connectivity index (χ2n) is 5.99. The summed E-state index contributed by atoms with van der Waals surface area (Å²) in [7, 11) is 0. The van der Waals surface area contributed by atoms with E-state index in [9.17, 15) is 17.6 Å². The molecule has 0 radical (unpaired) electrons. The summed E-state index contributed by atoms with van der Waals surface area (Å²) < 4.78 is 53.1. The number of nitrogens with zero attached hydrogens (tertiary/aromatic N) is 2. The zero-order valence-corrected chi connectivity index (χ0v) is 14.0. The van der Waals surface area contributed by atoms with Crippen molar-refractivity contribution in [2.24, 2.45) is 10.7 Å². The summed E-state index contributed by atoms with van der Waals surface area (Å²) in [6.45, 7) is 1.81. The SMILES string of the molecule is CCC(N)C1=Nc2cccc(C(F)(F)F)c2CN1Nc1ccc(F)cc1. The molecule has 8 heteroatoms. The van der Waals surface area contributed by atoms with E-state index in [0.29, 0.717) is 17.9 Å². The number of hydrogen-bond donors (Lipinski definition) is 2. The van der Waals surface area contributed by atoms with Crippen LogP contribution in [0.25, 0.3) is 0 Å². The number of hydrogen-bond acceptors (Lipinski definition) is 4. The maximum Gasteiger partial charge on any atom is 0.416 e. The van der Waals surface area contributed by atoms with Crippen molar-refractivity contribution in [1.29, 1.82) is 0 Å². The van der Waals surface area contributed by atoms with E-state index in [4.69, 9.17) is 5.73 Å². The number of nitrogens with one attached hydrogen (secondary N) is 1. The maximum absolute atomic E-state index is 13.3. The van der Waals surface area contributed by atoms with Crippen LogP contribution in [0, 0.1) is 5.82 Å². The summed E-state index contributed by atoms with van der Waals surface area (Å²) in [5, 5.41) is 1.49.